The van der Waals surface area contributed by atoms with E-state index in [1.807, 2.05) is 0 Å². The van der Waals surface area contributed by atoms with Crippen LogP contribution in [0.4, 0.5) is 0 Å². The average Bonchev–Trinajstić information content (AvgIpc) is 3.67. The smallest absolute Gasteiger partial charge is 0.326 e. The van der Waals surface area contributed by atoms with Crippen molar-refractivity contribution in [3.8, 4) is 0 Å². The van der Waals surface area contributed by atoms with Crippen LogP contribution in [-0.4, -0.2) is 165 Å². The van der Waals surface area contributed by atoms with E-state index in [2.05, 4.69) is 36.6 Å². The molecule has 0 unspecified atom stereocenters. The fourth-order valence-corrected chi connectivity index (χ4v) is 6.12. The van der Waals surface area contributed by atoms with Crippen LogP contribution in [0.25, 0.3) is 0 Å². The number of rotatable bonds is 28. The summed E-state index contributed by atoms with van der Waals surface area (Å²) in [6, 6.07) is -10.3. The fraction of sp³-hybridized carbons (Fsp3) is 0.714. The highest BCUT2D eigenvalue weighted by Gasteiger charge is 2.41. The van der Waals surface area contributed by atoms with E-state index in [1.165, 1.54) is 13.8 Å². The number of carbonyl (C=O) groups is 8. The van der Waals surface area contributed by atoms with Gasteiger partial charge in [-0.3, -0.25) is 43.5 Å². The van der Waals surface area contributed by atoms with Gasteiger partial charge < -0.3 is 86.3 Å². The molecule has 346 valence electrons. The Morgan fingerprint density at radius 3 is 1.69 bits per heavy atom. The number of aliphatic imine (C=N–C) groups is 2. The van der Waals surface area contributed by atoms with Crippen LogP contribution in [0.3, 0.4) is 0 Å². The molecule has 61 heavy (non-hydrogen) atoms. The highest BCUT2D eigenvalue weighted by molar-refractivity contribution is 5.98. The van der Waals surface area contributed by atoms with E-state index in [9.17, 15) is 58.8 Å². The maximum atomic E-state index is 13.8. The first-order chi connectivity index (χ1) is 28.6. The lowest BCUT2D eigenvalue weighted by Crippen LogP contribution is -2.61. The molecule has 1 fully saturated rings. The van der Waals surface area contributed by atoms with Crippen LogP contribution < -0.4 is 61.0 Å². The zero-order valence-electron chi connectivity index (χ0n) is 34.5. The van der Waals surface area contributed by atoms with Gasteiger partial charge in [0, 0.05) is 19.6 Å². The number of hydrogen-bond donors (Lipinski definition) is 15. The second-order valence-corrected chi connectivity index (χ2v) is 14.5. The summed E-state index contributed by atoms with van der Waals surface area (Å²) in [5, 5.41) is 51.5. The maximum Gasteiger partial charge on any atom is 0.326 e. The Morgan fingerprint density at radius 1 is 0.672 bits per heavy atom. The van der Waals surface area contributed by atoms with Gasteiger partial charge in [-0.1, -0.05) is 0 Å². The minimum Gasteiger partial charge on any atom is -0.481 e. The first-order valence-corrected chi connectivity index (χ1v) is 19.8. The molecule has 1 aliphatic heterocycles. The summed E-state index contributed by atoms with van der Waals surface area (Å²) >= 11 is 0. The molecule has 1 saturated heterocycles. The summed E-state index contributed by atoms with van der Waals surface area (Å²) in [6.45, 7) is 2.73. The lowest BCUT2D eigenvalue weighted by molar-refractivity contribution is -0.146. The van der Waals surface area contributed by atoms with Crippen molar-refractivity contribution in [3.05, 3.63) is 0 Å². The molecular formula is C35H64N14O12. The van der Waals surface area contributed by atoms with Gasteiger partial charge in [-0.2, -0.15) is 0 Å². The van der Waals surface area contributed by atoms with Gasteiger partial charge in [-0.25, -0.2) is 4.79 Å². The molecule has 26 nitrogen and oxygen atoms in total. The summed E-state index contributed by atoms with van der Waals surface area (Å²) < 4.78 is 0. The van der Waals surface area contributed by atoms with Crippen molar-refractivity contribution in [2.45, 2.75) is 133 Å². The van der Waals surface area contributed by atoms with Gasteiger partial charge in [0.1, 0.15) is 42.3 Å². The summed E-state index contributed by atoms with van der Waals surface area (Å²) in [7, 11) is 0. The lowest BCUT2D eigenvalue weighted by Gasteiger charge is -2.30. The number of guanidine groups is 2. The first kappa shape index (κ1) is 53.2. The third-order valence-corrected chi connectivity index (χ3v) is 9.44. The molecule has 0 bridgehead atoms. The van der Waals surface area contributed by atoms with E-state index in [4.69, 9.17) is 34.4 Å². The number of likely N-dealkylation sites (tertiary alicyclic amines) is 1. The Bertz CT molecular complexity index is 1570. The van der Waals surface area contributed by atoms with E-state index in [-0.39, 0.29) is 83.0 Å². The number of unbranched alkanes of at least 4 members (excludes halogenated alkanes) is 1. The van der Waals surface area contributed by atoms with Crippen molar-refractivity contribution in [1.29, 1.82) is 0 Å². The molecular weight excluding hydrogens is 808 g/mol. The van der Waals surface area contributed by atoms with Gasteiger partial charge in [-0.05, 0) is 78.2 Å². The lowest BCUT2D eigenvalue weighted by atomic mass is 10.0. The van der Waals surface area contributed by atoms with Crippen molar-refractivity contribution in [3.63, 3.8) is 0 Å². The van der Waals surface area contributed by atoms with Crippen LogP contribution in [0, 0.1) is 0 Å². The molecule has 0 aromatic carbocycles. The van der Waals surface area contributed by atoms with Gasteiger partial charge in [0.05, 0.1) is 18.6 Å². The van der Waals surface area contributed by atoms with Gasteiger partial charge in [0.2, 0.25) is 35.4 Å². The van der Waals surface area contributed by atoms with Crippen LogP contribution in [0.2, 0.25) is 0 Å². The number of nitrogens with one attached hydrogen (secondary N) is 5. The molecule has 1 heterocycles. The first-order valence-electron chi connectivity index (χ1n) is 19.8. The largest absolute Gasteiger partial charge is 0.481 e. The van der Waals surface area contributed by atoms with Crippen LogP contribution in [0.5, 0.6) is 0 Å². The van der Waals surface area contributed by atoms with Crippen molar-refractivity contribution in [2.75, 3.05) is 26.2 Å². The number of nitrogens with two attached hydrogens (primary N) is 6. The minimum absolute atomic E-state index is 0.0000343. The number of carboxylic acid groups (broad SMARTS) is 2. The Hall–Kier alpha value is -5.86. The molecule has 9 atom stereocenters. The maximum absolute atomic E-state index is 13.8. The standard InChI is InChI=1S/C35H64N14O12/c1-17(50)25(37)30(57)47-22(16-24(52)53)32(59)49-15-7-11-23(49)29(56)44-20(9-5-13-42-34(38)39)28(55)48-26(18(2)51)31(58)45-19(8-3-4-12-36)27(54)46-21(33(60)61)10-6-14-43-35(40)41/h17-23,25-26,50-51H,3-16,36-37H2,1-2H3,(H,44,56)(H,45,58)(H,46,54)(H,47,57)(H,48,55)(H,52,53)(H,60,61)(H4,38,39,42)(H4,40,41,43)/t17-,18-,19+,20+,21+,22+,23+,25+,26+/m1/s1. The Morgan fingerprint density at radius 2 is 1.18 bits per heavy atom. The van der Waals surface area contributed by atoms with E-state index in [1.54, 1.807) is 0 Å². The van der Waals surface area contributed by atoms with Crippen molar-refractivity contribution in [2.24, 2.45) is 44.4 Å². The zero-order valence-corrected chi connectivity index (χ0v) is 34.5. The number of aliphatic carboxylic acids is 2. The third kappa shape index (κ3) is 19.4. The monoisotopic (exact) mass is 872 g/mol. The van der Waals surface area contributed by atoms with Crippen LogP contribution >= 0.6 is 0 Å². The summed E-state index contributed by atoms with van der Waals surface area (Å²) in [4.78, 5) is 113. The molecule has 0 aromatic heterocycles. The van der Waals surface area contributed by atoms with Crippen molar-refractivity contribution < 1.29 is 58.8 Å². The number of hydrogen-bond acceptors (Lipinski definition) is 14. The molecule has 0 radical (unpaired) electrons. The molecule has 1 aliphatic rings. The topological polar surface area (TPSA) is 462 Å². The fourth-order valence-electron chi connectivity index (χ4n) is 6.12. The molecule has 0 saturated carbocycles. The molecule has 26 heteroatoms. The summed E-state index contributed by atoms with van der Waals surface area (Å²) in [5.74, 6) is -8.93. The highest BCUT2D eigenvalue weighted by atomic mass is 16.4. The third-order valence-electron chi connectivity index (χ3n) is 9.44. The second kappa shape index (κ2) is 27.1. The summed E-state index contributed by atoms with van der Waals surface area (Å²) in [6.07, 6.45) is -2.58. The summed E-state index contributed by atoms with van der Waals surface area (Å²) in [5.41, 5.74) is 32.7. The minimum atomic E-state index is -1.72. The van der Waals surface area contributed by atoms with E-state index in [0.717, 1.165) is 4.90 Å². The Kier molecular flexibility index (Phi) is 23.6. The van der Waals surface area contributed by atoms with Crippen LogP contribution in [-0.2, 0) is 38.4 Å². The number of nitrogens with zero attached hydrogens (tertiary/aromatic N) is 3. The molecule has 1 rings (SSSR count). The van der Waals surface area contributed by atoms with Crippen LogP contribution in [0.1, 0.15) is 78.1 Å². The number of aliphatic hydroxyl groups excluding tert-OH is 2. The Labute approximate surface area is 352 Å². The van der Waals surface area contributed by atoms with Gasteiger partial charge in [0.25, 0.3) is 0 Å². The zero-order chi connectivity index (χ0) is 46.4. The van der Waals surface area contributed by atoms with Crippen molar-refractivity contribution in [1.82, 2.24) is 31.5 Å². The Balaban J connectivity index is 3.33. The van der Waals surface area contributed by atoms with E-state index in [0.29, 0.717) is 12.8 Å². The van der Waals surface area contributed by atoms with Crippen molar-refractivity contribution >= 4 is 59.3 Å². The SMILES string of the molecule is C[C@@H](O)[C@H](N)C(=O)N[C@@H](CC(=O)O)C(=O)N1CCC[C@H]1C(=O)N[C@@H](CCCN=C(N)N)C(=O)N[C@H](C(=O)N[C@@H](CCCCN)C(=O)N[C@@H](CCCN=C(N)N)C(=O)O)[C@@H](C)O. The normalized spacial score (nSPS) is 17.4. The highest BCUT2D eigenvalue weighted by Crippen LogP contribution is 2.20. The van der Waals surface area contributed by atoms with Gasteiger partial charge >= 0.3 is 11.9 Å². The number of aliphatic hydroxyl groups is 2. The van der Waals surface area contributed by atoms with Gasteiger partial charge in [-0.15, -0.1) is 0 Å². The predicted octanol–water partition coefficient (Wildman–Crippen LogP) is -6.71. The number of carbonyl (C=O) groups excluding carboxylic acids is 6. The van der Waals surface area contributed by atoms with E-state index < -0.39 is 108 Å². The molecule has 0 aliphatic carbocycles. The average molecular weight is 873 g/mol. The van der Waals surface area contributed by atoms with Crippen LogP contribution in [0.15, 0.2) is 9.98 Å². The number of carboxylic acids is 2. The molecule has 6 amide bonds. The molecule has 21 N–H and O–H groups in total. The predicted molar refractivity (Wildman–Crippen MR) is 218 cm³/mol. The number of amides is 6. The second-order valence-electron chi connectivity index (χ2n) is 14.5. The molecule has 0 aromatic rings. The van der Waals surface area contributed by atoms with E-state index >= 15 is 0 Å². The molecule has 0 spiro atoms. The quantitative estimate of drug-likeness (QED) is 0.0197. The van der Waals surface area contributed by atoms with Gasteiger partial charge in [0.15, 0.2) is 11.9 Å².